The Bertz CT molecular complexity index is 1870. The van der Waals surface area contributed by atoms with E-state index in [2.05, 4.69) is 25.2 Å². The third kappa shape index (κ3) is 9.12. The summed E-state index contributed by atoms with van der Waals surface area (Å²) in [5, 5.41) is 15.7. The summed E-state index contributed by atoms with van der Waals surface area (Å²) in [5.74, 6) is -2.00. The van der Waals surface area contributed by atoms with Crippen LogP contribution in [-0.4, -0.2) is 79.3 Å². The van der Waals surface area contributed by atoms with E-state index in [-0.39, 0.29) is 5.75 Å². The van der Waals surface area contributed by atoms with Gasteiger partial charge < -0.3 is 19.3 Å². The molecule has 0 radical (unpaired) electrons. The molecule has 2 aromatic carbocycles. The van der Waals surface area contributed by atoms with Crippen molar-refractivity contribution in [3.05, 3.63) is 106 Å². The predicted molar refractivity (Wildman–Crippen MR) is 166 cm³/mol. The smallest absolute Gasteiger partial charge is 0.489 e. The standard InChI is InChI=1S/C30H32FN7O3.C2HF3O2/c1-5-20-16-23(27(31)25(18-20)40-15-14-37(3)4)24(29-34-30(39)38(35-29)26-8-6-7-13-32-26)17-21-9-11-22(12-10-21)28-33-19(2)41-36-28;3-2(4,5)1(6)7/h6-13,16,18,24H,5,14-15,17H2,1-4H3,(H,34,35,39);(H,6,7). The Kier molecular flexibility index (Phi) is 11.4. The molecule has 254 valence electrons. The largest absolute Gasteiger partial charge is 0.490 e. The molecule has 12 nitrogen and oxygen atoms in total. The van der Waals surface area contributed by atoms with Crippen LogP contribution in [0.15, 0.2) is 70.1 Å². The molecule has 5 aromatic rings. The van der Waals surface area contributed by atoms with Gasteiger partial charge in [0.05, 0.1) is 5.92 Å². The van der Waals surface area contributed by atoms with Crippen molar-refractivity contribution in [2.45, 2.75) is 38.8 Å². The second-order valence-corrected chi connectivity index (χ2v) is 10.8. The van der Waals surface area contributed by atoms with Crippen molar-refractivity contribution in [1.82, 2.24) is 34.8 Å². The zero-order chi connectivity index (χ0) is 35.0. The van der Waals surface area contributed by atoms with Crippen LogP contribution in [0, 0.1) is 12.7 Å². The number of aromatic amines is 1. The quantitative estimate of drug-likeness (QED) is 0.184. The van der Waals surface area contributed by atoms with Crippen molar-refractivity contribution in [2.75, 3.05) is 27.2 Å². The molecule has 1 atom stereocenters. The minimum atomic E-state index is -5.08. The van der Waals surface area contributed by atoms with E-state index in [4.69, 9.17) is 19.2 Å². The molecule has 0 saturated heterocycles. The van der Waals surface area contributed by atoms with E-state index in [0.29, 0.717) is 54.9 Å². The molecule has 5 rings (SSSR count). The maximum absolute atomic E-state index is 16.2. The number of halogens is 4. The number of likely N-dealkylation sites (N-methyl/N-ethyl adjacent to an activating group) is 1. The van der Waals surface area contributed by atoms with Crippen LogP contribution in [0.2, 0.25) is 0 Å². The third-order valence-electron chi connectivity index (χ3n) is 6.96. The molecule has 48 heavy (non-hydrogen) atoms. The lowest BCUT2D eigenvalue weighted by molar-refractivity contribution is -0.192. The average Bonchev–Trinajstić information content (AvgIpc) is 3.66. The van der Waals surface area contributed by atoms with Crippen LogP contribution in [0.4, 0.5) is 17.6 Å². The Morgan fingerprint density at radius 3 is 2.40 bits per heavy atom. The summed E-state index contributed by atoms with van der Waals surface area (Å²) in [6, 6.07) is 16.4. The molecule has 0 aliphatic heterocycles. The number of carboxylic acids is 1. The number of ether oxygens (including phenoxy) is 1. The SMILES string of the molecule is CCc1cc(OCCN(C)C)c(F)c(C(Cc2ccc(-c3noc(C)n3)cc2)c2nn(-c3ccccn3)c(=O)[nH]2)c1.O=C(O)C(F)(F)F. The Labute approximate surface area is 272 Å². The molecule has 16 heteroatoms. The Morgan fingerprint density at radius 2 is 1.83 bits per heavy atom. The highest BCUT2D eigenvalue weighted by Gasteiger charge is 2.38. The van der Waals surface area contributed by atoms with E-state index in [0.717, 1.165) is 16.7 Å². The van der Waals surface area contributed by atoms with E-state index >= 15 is 4.39 Å². The molecule has 0 spiro atoms. The molecule has 2 N–H and O–H groups in total. The van der Waals surface area contributed by atoms with Gasteiger partial charge in [-0.15, -0.1) is 5.10 Å². The van der Waals surface area contributed by atoms with Crippen LogP contribution in [0.1, 0.15) is 41.2 Å². The minimum Gasteiger partial charge on any atom is -0.489 e. The zero-order valence-electron chi connectivity index (χ0n) is 26.5. The van der Waals surface area contributed by atoms with Crippen molar-refractivity contribution in [3.63, 3.8) is 0 Å². The maximum atomic E-state index is 16.2. The summed E-state index contributed by atoms with van der Waals surface area (Å²) in [6.45, 7) is 4.72. The van der Waals surface area contributed by atoms with Crippen LogP contribution in [0.25, 0.3) is 17.2 Å². The molecule has 0 amide bonds. The van der Waals surface area contributed by atoms with Crippen molar-refractivity contribution < 1.29 is 36.7 Å². The van der Waals surface area contributed by atoms with Gasteiger partial charge in [0.1, 0.15) is 12.4 Å². The predicted octanol–water partition coefficient (Wildman–Crippen LogP) is 4.96. The van der Waals surface area contributed by atoms with E-state index in [9.17, 15) is 18.0 Å². The van der Waals surface area contributed by atoms with Crippen molar-refractivity contribution in [3.8, 4) is 23.0 Å². The molecule has 3 heterocycles. The molecule has 3 aromatic heterocycles. The number of H-pyrrole nitrogens is 1. The van der Waals surface area contributed by atoms with Gasteiger partial charge in [-0.25, -0.2) is 19.0 Å². The minimum absolute atomic E-state index is 0.181. The summed E-state index contributed by atoms with van der Waals surface area (Å²) < 4.78 is 60.1. The Morgan fingerprint density at radius 1 is 1.12 bits per heavy atom. The third-order valence-corrected chi connectivity index (χ3v) is 6.96. The monoisotopic (exact) mass is 671 g/mol. The Hall–Kier alpha value is -5.38. The van der Waals surface area contributed by atoms with Gasteiger partial charge in [-0.1, -0.05) is 48.5 Å². The molecular formula is C32H33F4N7O5. The van der Waals surface area contributed by atoms with Gasteiger partial charge in [-0.3, -0.25) is 4.98 Å². The fourth-order valence-electron chi connectivity index (χ4n) is 4.51. The number of aryl methyl sites for hydroxylation is 2. The number of benzene rings is 2. The van der Waals surface area contributed by atoms with Gasteiger partial charge in [0, 0.05) is 30.8 Å². The van der Waals surface area contributed by atoms with Gasteiger partial charge in [0.2, 0.25) is 11.7 Å². The summed E-state index contributed by atoms with van der Waals surface area (Å²) in [6.07, 6.45) is -2.45. The highest BCUT2D eigenvalue weighted by Crippen LogP contribution is 2.34. The number of nitrogens with one attached hydrogen (secondary N) is 1. The molecule has 1 unspecified atom stereocenters. The molecule has 0 aliphatic carbocycles. The van der Waals surface area contributed by atoms with Gasteiger partial charge in [0.25, 0.3) is 0 Å². The maximum Gasteiger partial charge on any atom is 0.490 e. The lowest BCUT2D eigenvalue weighted by Crippen LogP contribution is -2.21. The van der Waals surface area contributed by atoms with Gasteiger partial charge >= 0.3 is 17.8 Å². The number of aliphatic carboxylic acids is 1. The van der Waals surface area contributed by atoms with Crippen LogP contribution >= 0.6 is 0 Å². The average molecular weight is 672 g/mol. The zero-order valence-corrected chi connectivity index (χ0v) is 26.5. The van der Waals surface area contributed by atoms with Crippen LogP contribution in [0.3, 0.4) is 0 Å². The number of carbonyl (C=O) groups is 1. The van der Waals surface area contributed by atoms with Crippen molar-refractivity contribution >= 4 is 5.97 Å². The fourth-order valence-corrected chi connectivity index (χ4v) is 4.51. The molecular weight excluding hydrogens is 638 g/mol. The first-order valence-corrected chi connectivity index (χ1v) is 14.7. The molecule has 0 fully saturated rings. The summed E-state index contributed by atoms with van der Waals surface area (Å²) in [5.41, 5.74) is 2.56. The van der Waals surface area contributed by atoms with Crippen molar-refractivity contribution in [2.24, 2.45) is 0 Å². The number of nitrogens with zero attached hydrogens (tertiary/aromatic N) is 6. The number of aromatic nitrogens is 6. The molecule has 0 aliphatic rings. The number of carboxylic acid groups (broad SMARTS) is 1. The number of hydrogen-bond acceptors (Lipinski definition) is 9. The van der Waals surface area contributed by atoms with E-state index in [1.165, 1.54) is 4.68 Å². The number of hydrogen-bond donors (Lipinski definition) is 2. The van der Waals surface area contributed by atoms with Gasteiger partial charge in [0.15, 0.2) is 17.4 Å². The van der Waals surface area contributed by atoms with E-state index in [1.807, 2.05) is 56.3 Å². The highest BCUT2D eigenvalue weighted by atomic mass is 19.4. The lowest BCUT2D eigenvalue weighted by Gasteiger charge is -2.20. The lowest BCUT2D eigenvalue weighted by atomic mass is 9.89. The summed E-state index contributed by atoms with van der Waals surface area (Å²) in [7, 11) is 3.87. The van der Waals surface area contributed by atoms with E-state index < -0.39 is 29.6 Å². The highest BCUT2D eigenvalue weighted by molar-refractivity contribution is 5.73. The van der Waals surface area contributed by atoms with Gasteiger partial charge in [-0.2, -0.15) is 22.8 Å². The number of alkyl halides is 3. The number of rotatable bonds is 11. The topological polar surface area (TPSA) is 152 Å². The first-order valence-electron chi connectivity index (χ1n) is 14.7. The number of pyridine rings is 1. The first kappa shape index (κ1) is 35.5. The second kappa shape index (κ2) is 15.5. The normalized spacial score (nSPS) is 12.0. The van der Waals surface area contributed by atoms with Crippen LogP contribution < -0.4 is 10.4 Å². The van der Waals surface area contributed by atoms with Gasteiger partial charge in [-0.05, 0) is 56.3 Å². The van der Waals surface area contributed by atoms with Crippen LogP contribution in [0.5, 0.6) is 5.75 Å². The van der Waals surface area contributed by atoms with E-state index in [1.54, 1.807) is 37.4 Å². The summed E-state index contributed by atoms with van der Waals surface area (Å²) in [4.78, 5) is 35.2. The first-order chi connectivity index (χ1) is 22.8. The van der Waals surface area contributed by atoms with Crippen LogP contribution in [-0.2, 0) is 17.6 Å². The molecule has 0 bridgehead atoms. The Balaban J connectivity index is 0.000000671. The van der Waals surface area contributed by atoms with Crippen molar-refractivity contribution in [1.29, 1.82) is 0 Å². The second-order valence-electron chi connectivity index (χ2n) is 10.8. The fraction of sp³-hybridized carbons (Fsp3) is 0.312. The summed E-state index contributed by atoms with van der Waals surface area (Å²) >= 11 is 0. The molecule has 0 saturated carbocycles.